The quantitative estimate of drug-likeness (QED) is 0.219. The Morgan fingerprint density at radius 1 is 0.911 bits per heavy atom. The number of hydrogen-bond acceptors (Lipinski definition) is 8. The van der Waals surface area contributed by atoms with Crippen LogP contribution in [-0.2, 0) is 35.1 Å². The molecule has 246 valence electrons. The van der Waals surface area contributed by atoms with E-state index >= 15 is 0 Å². The van der Waals surface area contributed by atoms with Crippen molar-refractivity contribution in [1.82, 2.24) is 36.9 Å². The lowest BCUT2D eigenvalue weighted by molar-refractivity contribution is -0.135. The number of aromatic nitrogens is 1. The van der Waals surface area contributed by atoms with Gasteiger partial charge in [0.2, 0.25) is 29.5 Å². The Hall–Kier alpha value is -3.62. The van der Waals surface area contributed by atoms with Crippen molar-refractivity contribution in [3.8, 4) is 0 Å². The van der Waals surface area contributed by atoms with E-state index in [1.807, 2.05) is 50.6 Å². The number of carbonyl (C=O) groups is 5. The maximum Gasteiger partial charge on any atom is 0.243 e. The third-order valence-corrected chi connectivity index (χ3v) is 8.71. The number of hydrogen-bond donors (Lipinski definition) is 7. The first-order valence-electron chi connectivity index (χ1n) is 15.3. The first kappa shape index (κ1) is 34.3. The van der Waals surface area contributed by atoms with Gasteiger partial charge in [-0.15, -0.1) is 0 Å². The summed E-state index contributed by atoms with van der Waals surface area (Å²) in [4.78, 5) is 70.0. The van der Waals surface area contributed by atoms with Gasteiger partial charge in [-0.25, -0.2) is 0 Å². The van der Waals surface area contributed by atoms with E-state index in [1.165, 1.54) is 18.7 Å². The summed E-state index contributed by atoms with van der Waals surface area (Å²) in [7, 11) is 0. The zero-order valence-electron chi connectivity index (χ0n) is 26.3. The molecule has 7 N–H and O–H groups in total. The predicted molar refractivity (Wildman–Crippen MR) is 172 cm³/mol. The molecule has 4 atom stereocenters. The molecule has 2 fully saturated rings. The number of carbonyl (C=O) groups excluding carboxylic acids is 5. The molecule has 1 spiro atoms. The monoisotopic (exact) mass is 643 g/mol. The summed E-state index contributed by atoms with van der Waals surface area (Å²) in [5.41, 5.74) is 1.06. The number of amides is 5. The largest absolute Gasteiger partial charge is 0.377 e. The minimum absolute atomic E-state index is 0.0906. The van der Waals surface area contributed by atoms with E-state index in [2.05, 4.69) is 36.9 Å². The van der Waals surface area contributed by atoms with Crippen LogP contribution in [0.15, 0.2) is 30.5 Å². The number of aromatic amines is 1. The normalized spacial score (nSPS) is 25.4. The van der Waals surface area contributed by atoms with Gasteiger partial charge in [0.1, 0.15) is 24.2 Å². The Bertz CT molecular complexity index is 1380. The van der Waals surface area contributed by atoms with Crippen LogP contribution in [0.1, 0.15) is 39.2 Å². The molecule has 0 saturated carbocycles. The Morgan fingerprint density at radius 3 is 2.31 bits per heavy atom. The Kier molecular flexibility index (Phi) is 11.9. The molecule has 5 amide bonds. The Labute approximate surface area is 267 Å². The molecule has 2 aliphatic heterocycles. The molecule has 14 heteroatoms. The van der Waals surface area contributed by atoms with Crippen LogP contribution in [0.2, 0.25) is 0 Å². The number of thioether (sulfide) groups is 1. The Morgan fingerprint density at radius 2 is 1.62 bits per heavy atom. The molecule has 4 rings (SSSR count). The van der Waals surface area contributed by atoms with Crippen LogP contribution in [0.4, 0.5) is 0 Å². The maximum atomic E-state index is 13.6. The summed E-state index contributed by atoms with van der Waals surface area (Å²) >= 11 is 1.52. The summed E-state index contributed by atoms with van der Waals surface area (Å²) in [6.45, 7) is 6.01. The van der Waals surface area contributed by atoms with E-state index in [1.54, 1.807) is 0 Å². The van der Waals surface area contributed by atoms with Crippen LogP contribution in [-0.4, -0.2) is 103 Å². The molecule has 45 heavy (non-hydrogen) atoms. The Balaban J connectivity index is 1.60. The summed E-state index contributed by atoms with van der Waals surface area (Å²) in [5.74, 6) is -1.66. The molecule has 2 aromatic rings. The number of para-hydroxylation sites is 1. The summed E-state index contributed by atoms with van der Waals surface area (Å²) < 4.78 is 5.43. The molecule has 2 saturated heterocycles. The summed E-state index contributed by atoms with van der Waals surface area (Å²) in [6, 6.07) is 3.94. The second-order valence-electron chi connectivity index (χ2n) is 12.3. The summed E-state index contributed by atoms with van der Waals surface area (Å²) in [6.07, 6.45) is 4.60. The van der Waals surface area contributed by atoms with Gasteiger partial charge in [0, 0.05) is 30.1 Å². The predicted octanol–water partition coefficient (Wildman–Crippen LogP) is -0.0429. The van der Waals surface area contributed by atoms with Crippen molar-refractivity contribution in [2.75, 3.05) is 38.3 Å². The third-order valence-electron chi connectivity index (χ3n) is 8.07. The minimum atomic E-state index is -0.998. The second-order valence-corrected chi connectivity index (χ2v) is 13.3. The number of H-pyrrole nitrogens is 1. The van der Waals surface area contributed by atoms with Crippen molar-refractivity contribution in [1.29, 1.82) is 0 Å². The SMILES string of the molecule is CSCC[C@@H]1NC(=O)[C@H](CC(C)C)NC(=O)CNC2(CNC(=O)[C@H](Cc3c[nH]c4ccccc34)NC(=O)[C@H](C)NC1=O)COC2. The van der Waals surface area contributed by atoms with Crippen molar-refractivity contribution < 1.29 is 28.7 Å². The molecule has 2 aliphatic rings. The number of nitrogens with one attached hydrogen (secondary N) is 7. The number of rotatable bonds is 7. The van der Waals surface area contributed by atoms with Crippen LogP contribution in [0.3, 0.4) is 0 Å². The average Bonchev–Trinajstić information content (AvgIpc) is 3.39. The van der Waals surface area contributed by atoms with Gasteiger partial charge in [0.05, 0.1) is 25.3 Å². The fraction of sp³-hybridized carbons (Fsp3) is 0.581. The number of fused-ring (bicyclic) bond motifs is 1. The first-order chi connectivity index (χ1) is 21.5. The molecule has 0 aliphatic carbocycles. The highest BCUT2D eigenvalue weighted by molar-refractivity contribution is 7.98. The molecule has 0 unspecified atom stereocenters. The fourth-order valence-corrected chi connectivity index (χ4v) is 5.86. The van der Waals surface area contributed by atoms with Crippen LogP contribution in [0.25, 0.3) is 10.9 Å². The van der Waals surface area contributed by atoms with Gasteiger partial charge in [-0.05, 0) is 49.3 Å². The lowest BCUT2D eigenvalue weighted by Crippen LogP contribution is -2.68. The highest BCUT2D eigenvalue weighted by atomic mass is 32.2. The molecule has 3 heterocycles. The van der Waals surface area contributed by atoms with Crippen molar-refractivity contribution in [3.05, 3.63) is 36.0 Å². The van der Waals surface area contributed by atoms with E-state index in [0.29, 0.717) is 18.6 Å². The highest BCUT2D eigenvalue weighted by Gasteiger charge is 2.40. The molecule has 13 nitrogen and oxygen atoms in total. The van der Waals surface area contributed by atoms with Gasteiger partial charge in [-0.1, -0.05) is 32.0 Å². The van der Waals surface area contributed by atoms with E-state index in [-0.39, 0.29) is 38.6 Å². The van der Waals surface area contributed by atoms with E-state index in [9.17, 15) is 24.0 Å². The molecule has 1 aromatic heterocycles. The standard InChI is InChI=1S/C31H45N7O6S/c1-18(2)11-24-30(43)37-23(9-10-45-4)29(42)35-19(3)27(40)38-25(12-20-13-32-22-8-6-5-7-21(20)22)28(41)33-15-31(16-44-17-31)34-14-26(39)36-24/h5-8,13,18-19,23-25,32,34H,9-12,14-17H2,1-4H3,(H,33,41)(H,35,42)(H,36,39)(H,37,43)(H,38,40)/t19-,23-,24-,25-/m0/s1. The van der Waals surface area contributed by atoms with Crippen LogP contribution in [0.5, 0.6) is 0 Å². The van der Waals surface area contributed by atoms with Crippen LogP contribution >= 0.6 is 11.8 Å². The molecule has 1 aromatic carbocycles. The van der Waals surface area contributed by atoms with Gasteiger partial charge in [-0.2, -0.15) is 11.8 Å². The topological polar surface area (TPSA) is 183 Å². The smallest absolute Gasteiger partial charge is 0.243 e. The molecule has 0 radical (unpaired) electrons. The van der Waals surface area contributed by atoms with E-state index < -0.39 is 59.2 Å². The highest BCUT2D eigenvalue weighted by Crippen LogP contribution is 2.20. The maximum absolute atomic E-state index is 13.6. The van der Waals surface area contributed by atoms with Gasteiger partial charge in [0.15, 0.2) is 0 Å². The zero-order valence-corrected chi connectivity index (χ0v) is 27.1. The lowest BCUT2D eigenvalue weighted by Gasteiger charge is -2.42. The molecular weight excluding hydrogens is 598 g/mol. The van der Waals surface area contributed by atoms with Crippen LogP contribution < -0.4 is 31.9 Å². The van der Waals surface area contributed by atoms with Crippen molar-refractivity contribution in [3.63, 3.8) is 0 Å². The van der Waals surface area contributed by atoms with Gasteiger partial charge < -0.3 is 36.3 Å². The van der Waals surface area contributed by atoms with Crippen molar-refractivity contribution in [2.24, 2.45) is 5.92 Å². The number of benzene rings is 1. The van der Waals surface area contributed by atoms with Gasteiger partial charge >= 0.3 is 0 Å². The van der Waals surface area contributed by atoms with E-state index in [4.69, 9.17) is 4.74 Å². The average molecular weight is 644 g/mol. The number of ether oxygens (including phenoxy) is 1. The van der Waals surface area contributed by atoms with Crippen molar-refractivity contribution in [2.45, 2.75) is 69.7 Å². The van der Waals surface area contributed by atoms with E-state index in [0.717, 1.165) is 16.5 Å². The minimum Gasteiger partial charge on any atom is -0.377 e. The molecular formula is C31H45N7O6S. The van der Waals surface area contributed by atoms with Gasteiger partial charge in [-0.3, -0.25) is 29.3 Å². The van der Waals surface area contributed by atoms with Crippen molar-refractivity contribution >= 4 is 52.2 Å². The fourth-order valence-electron chi connectivity index (χ4n) is 5.39. The third kappa shape index (κ3) is 9.21. The second kappa shape index (κ2) is 15.6. The zero-order chi connectivity index (χ0) is 32.6. The van der Waals surface area contributed by atoms with Crippen LogP contribution in [0, 0.1) is 5.92 Å². The summed E-state index contributed by atoms with van der Waals surface area (Å²) in [5, 5.41) is 18.2. The first-order valence-corrected chi connectivity index (χ1v) is 16.7. The lowest BCUT2D eigenvalue weighted by atomic mass is 9.96. The molecule has 0 bridgehead atoms. The van der Waals surface area contributed by atoms with Gasteiger partial charge in [0.25, 0.3) is 0 Å².